The lowest BCUT2D eigenvalue weighted by molar-refractivity contribution is -0.0396. The van der Waals surface area contributed by atoms with Crippen LogP contribution in [0.15, 0.2) is 18.2 Å². The summed E-state index contributed by atoms with van der Waals surface area (Å²) in [7, 11) is 0. The first-order valence-electron chi connectivity index (χ1n) is 13.7. The Balaban J connectivity index is 1.34. The van der Waals surface area contributed by atoms with Gasteiger partial charge in [0.25, 0.3) is 0 Å². The number of aliphatic hydroxyl groups excluding tert-OH is 2. The maximum Gasteiger partial charge on any atom is 0.115 e. The van der Waals surface area contributed by atoms with E-state index in [9.17, 15) is 10.2 Å². The molecular formula is C29H46O3. The molecule has 2 fully saturated rings. The highest BCUT2D eigenvalue weighted by atomic mass is 16.3. The molecule has 3 nitrogen and oxygen atoms in total. The number of phenols is 1. The molecule has 0 unspecified atom stereocenters. The number of aromatic hydroxyl groups is 1. The molecule has 0 aliphatic heterocycles. The lowest BCUT2D eigenvalue weighted by Gasteiger charge is -2.53. The number of phenolic OH excluding ortho intramolecular Hbond substituents is 1. The molecule has 4 rings (SSSR count). The monoisotopic (exact) mass is 442 g/mol. The van der Waals surface area contributed by atoms with E-state index in [1.54, 1.807) is 0 Å². The van der Waals surface area contributed by atoms with E-state index in [-0.39, 0.29) is 11.5 Å². The summed E-state index contributed by atoms with van der Waals surface area (Å²) in [6.07, 6.45) is 18.2. The zero-order chi connectivity index (χ0) is 22.6. The van der Waals surface area contributed by atoms with E-state index < -0.39 is 0 Å². The largest absolute Gasteiger partial charge is 0.508 e. The third-order valence-electron chi connectivity index (χ3n) is 9.57. The highest BCUT2D eigenvalue weighted by Crippen LogP contribution is 2.62. The van der Waals surface area contributed by atoms with Gasteiger partial charge >= 0.3 is 0 Å². The van der Waals surface area contributed by atoms with E-state index >= 15 is 0 Å². The van der Waals surface area contributed by atoms with E-state index in [0.717, 1.165) is 25.7 Å². The zero-order valence-electron chi connectivity index (χ0n) is 20.3. The van der Waals surface area contributed by atoms with Crippen molar-refractivity contribution in [2.45, 2.75) is 115 Å². The molecule has 0 amide bonds. The van der Waals surface area contributed by atoms with Crippen LogP contribution in [0, 0.1) is 23.2 Å². The van der Waals surface area contributed by atoms with Crippen molar-refractivity contribution >= 4 is 0 Å². The number of benzene rings is 1. The molecule has 3 aliphatic carbocycles. The van der Waals surface area contributed by atoms with Crippen molar-refractivity contribution in [1.82, 2.24) is 0 Å². The van der Waals surface area contributed by atoms with Gasteiger partial charge in [-0.2, -0.15) is 0 Å². The van der Waals surface area contributed by atoms with Gasteiger partial charge in [-0.1, -0.05) is 64.4 Å². The third kappa shape index (κ3) is 5.04. The lowest BCUT2D eigenvalue weighted by Crippen LogP contribution is -2.47. The second-order valence-corrected chi connectivity index (χ2v) is 11.5. The van der Waals surface area contributed by atoms with E-state index in [1.807, 2.05) is 12.1 Å². The highest BCUT2D eigenvalue weighted by Gasteiger charge is 2.56. The average molecular weight is 443 g/mol. The topological polar surface area (TPSA) is 60.7 Å². The summed E-state index contributed by atoms with van der Waals surface area (Å²) in [6.45, 7) is 2.71. The van der Waals surface area contributed by atoms with Crippen LogP contribution in [-0.2, 0) is 6.42 Å². The molecule has 3 heteroatoms. The van der Waals surface area contributed by atoms with Gasteiger partial charge in [0.2, 0.25) is 0 Å². The quantitative estimate of drug-likeness (QED) is 0.333. The Hall–Kier alpha value is -1.06. The highest BCUT2D eigenvalue weighted by molar-refractivity contribution is 5.40. The minimum atomic E-state index is -0.118. The van der Waals surface area contributed by atoms with Crippen molar-refractivity contribution in [2.24, 2.45) is 23.2 Å². The van der Waals surface area contributed by atoms with Crippen LogP contribution in [0.2, 0.25) is 0 Å². The molecule has 1 aromatic rings. The molecule has 0 bridgehead atoms. The summed E-state index contributed by atoms with van der Waals surface area (Å²) < 4.78 is 0. The van der Waals surface area contributed by atoms with Crippen molar-refractivity contribution in [2.75, 3.05) is 6.61 Å². The zero-order valence-corrected chi connectivity index (χ0v) is 20.3. The van der Waals surface area contributed by atoms with Gasteiger partial charge in [0.1, 0.15) is 5.75 Å². The van der Waals surface area contributed by atoms with Gasteiger partial charge < -0.3 is 15.3 Å². The molecule has 0 radical (unpaired) electrons. The van der Waals surface area contributed by atoms with Gasteiger partial charge in [-0.15, -0.1) is 0 Å². The van der Waals surface area contributed by atoms with E-state index in [1.165, 1.54) is 81.8 Å². The van der Waals surface area contributed by atoms with Crippen LogP contribution < -0.4 is 0 Å². The predicted octanol–water partition coefficient (Wildman–Crippen LogP) is 6.73. The number of unbranched alkanes of at least 4 members (excludes halogenated alkanes) is 8. The smallest absolute Gasteiger partial charge is 0.115 e. The number of rotatable bonds is 11. The minimum Gasteiger partial charge on any atom is -0.508 e. The van der Waals surface area contributed by atoms with Crippen molar-refractivity contribution in [3.05, 3.63) is 29.3 Å². The molecule has 0 heterocycles. The maximum atomic E-state index is 10.8. The van der Waals surface area contributed by atoms with E-state index in [0.29, 0.717) is 36.0 Å². The Bertz CT molecular complexity index is 731. The Kier molecular flexibility index (Phi) is 8.21. The number of fused-ring (bicyclic) bond motifs is 5. The normalized spacial score (nSPS) is 33.5. The van der Waals surface area contributed by atoms with Gasteiger partial charge in [0.15, 0.2) is 0 Å². The first kappa shape index (κ1) is 24.1. The third-order valence-corrected chi connectivity index (χ3v) is 9.57. The lowest BCUT2D eigenvalue weighted by atomic mass is 9.52. The van der Waals surface area contributed by atoms with Gasteiger partial charge in [-0.3, -0.25) is 0 Å². The van der Waals surface area contributed by atoms with Gasteiger partial charge in [0, 0.05) is 6.61 Å². The molecule has 0 spiro atoms. The average Bonchev–Trinajstić information content (AvgIpc) is 3.09. The molecule has 6 atom stereocenters. The van der Waals surface area contributed by atoms with Crippen LogP contribution in [0.25, 0.3) is 0 Å². The summed E-state index contributed by atoms with van der Waals surface area (Å²) in [6, 6.07) is 6.12. The molecule has 1 aromatic carbocycles. The van der Waals surface area contributed by atoms with Crippen molar-refractivity contribution in [1.29, 1.82) is 0 Å². The maximum absolute atomic E-state index is 10.8. The van der Waals surface area contributed by atoms with Crippen LogP contribution >= 0.6 is 0 Å². The second-order valence-electron chi connectivity index (χ2n) is 11.5. The molecule has 32 heavy (non-hydrogen) atoms. The first-order valence-corrected chi connectivity index (χ1v) is 13.7. The summed E-state index contributed by atoms with van der Waals surface area (Å²) in [5.74, 6) is 3.09. The molecule has 0 saturated heterocycles. The summed E-state index contributed by atoms with van der Waals surface area (Å²) in [5, 5.41) is 29.8. The standard InChI is InChI=1S/C29H46O3/c1-29-17-16-25-24-13-12-23(31)20-22(24)19-21(28(25)26(29)14-15-27(29)32)11-9-7-5-3-2-4-6-8-10-18-30/h12-13,20-21,25-28,30-32H,2-11,14-19H2,1H3/t21-,25+,26-,27-,28+,29-/m0/s1. The fourth-order valence-corrected chi connectivity index (χ4v) is 7.79. The number of aliphatic hydroxyl groups is 2. The molecule has 180 valence electrons. The van der Waals surface area contributed by atoms with E-state index in [2.05, 4.69) is 13.0 Å². The summed E-state index contributed by atoms with van der Waals surface area (Å²) >= 11 is 0. The molecule has 3 aliphatic rings. The SMILES string of the molecule is C[C@]12CC[C@@H]3c4ccc(O)cc4C[C@H](CCCCCCCCCCCO)[C@H]3[C@@H]1CC[C@@H]2O. The van der Waals surface area contributed by atoms with Crippen LogP contribution in [0.5, 0.6) is 5.75 Å². The molecule has 3 N–H and O–H groups in total. The summed E-state index contributed by atoms with van der Waals surface area (Å²) in [4.78, 5) is 0. The van der Waals surface area contributed by atoms with E-state index in [4.69, 9.17) is 5.11 Å². The van der Waals surface area contributed by atoms with Crippen LogP contribution in [-0.4, -0.2) is 28.0 Å². The van der Waals surface area contributed by atoms with Crippen molar-refractivity contribution in [3.63, 3.8) is 0 Å². The van der Waals surface area contributed by atoms with Crippen molar-refractivity contribution < 1.29 is 15.3 Å². The molecular weight excluding hydrogens is 396 g/mol. The van der Waals surface area contributed by atoms with Crippen LogP contribution in [0.3, 0.4) is 0 Å². The Morgan fingerprint density at radius 1 is 0.906 bits per heavy atom. The number of hydrogen-bond acceptors (Lipinski definition) is 3. The van der Waals surface area contributed by atoms with Crippen LogP contribution in [0.1, 0.15) is 114 Å². The fourth-order valence-electron chi connectivity index (χ4n) is 7.79. The Labute approximate surface area is 195 Å². The van der Waals surface area contributed by atoms with Gasteiger partial charge in [-0.05, 0) is 97.3 Å². The summed E-state index contributed by atoms with van der Waals surface area (Å²) in [5.41, 5.74) is 3.00. The van der Waals surface area contributed by atoms with Gasteiger partial charge in [-0.25, -0.2) is 0 Å². The van der Waals surface area contributed by atoms with Crippen molar-refractivity contribution in [3.8, 4) is 5.75 Å². The Morgan fingerprint density at radius 3 is 2.31 bits per heavy atom. The predicted molar refractivity (Wildman–Crippen MR) is 131 cm³/mol. The molecule has 2 saturated carbocycles. The number of hydrogen-bond donors (Lipinski definition) is 3. The minimum absolute atomic E-state index is 0.115. The van der Waals surface area contributed by atoms with Gasteiger partial charge in [0.05, 0.1) is 6.10 Å². The van der Waals surface area contributed by atoms with Crippen LogP contribution in [0.4, 0.5) is 0 Å². The molecule has 0 aromatic heterocycles. The second kappa shape index (κ2) is 10.9. The first-order chi connectivity index (χ1) is 15.5. The Morgan fingerprint density at radius 2 is 1.59 bits per heavy atom. The fraction of sp³-hybridized carbons (Fsp3) is 0.793.